The minimum atomic E-state index is 0.405. The number of aromatic nitrogens is 4. The molecule has 0 fully saturated rings. The number of benzene rings is 1. The summed E-state index contributed by atoms with van der Waals surface area (Å²) in [4.78, 5) is 15.5. The molecule has 6 nitrogen and oxygen atoms in total. The topological polar surface area (TPSA) is 92.5 Å². The Morgan fingerprint density at radius 1 is 1.24 bits per heavy atom. The van der Waals surface area contributed by atoms with Crippen molar-refractivity contribution < 1.29 is 0 Å². The van der Waals surface area contributed by atoms with Crippen molar-refractivity contribution >= 4 is 22.7 Å². The second-order valence-electron chi connectivity index (χ2n) is 5.25. The summed E-state index contributed by atoms with van der Waals surface area (Å²) in [5.74, 6) is 1.11. The number of fused-ring (bicyclic) bond motifs is 1. The number of aromatic amines is 1. The van der Waals surface area contributed by atoms with Crippen LogP contribution in [0.5, 0.6) is 0 Å². The molecule has 0 radical (unpaired) electrons. The SMILES string of the molecule is CC(C)c1cccc(CNc2ncnc3[nH]cnc23)c1N. The van der Waals surface area contributed by atoms with Gasteiger partial charge in [-0.15, -0.1) is 0 Å². The molecule has 21 heavy (non-hydrogen) atoms. The van der Waals surface area contributed by atoms with E-state index in [1.807, 2.05) is 12.1 Å². The molecule has 0 spiro atoms. The van der Waals surface area contributed by atoms with E-state index in [1.165, 1.54) is 11.9 Å². The van der Waals surface area contributed by atoms with Crippen molar-refractivity contribution in [2.24, 2.45) is 0 Å². The van der Waals surface area contributed by atoms with Crippen LogP contribution >= 0.6 is 0 Å². The molecule has 0 aliphatic carbocycles. The van der Waals surface area contributed by atoms with Crippen LogP contribution in [0.4, 0.5) is 11.5 Å². The first kappa shape index (κ1) is 13.4. The summed E-state index contributed by atoms with van der Waals surface area (Å²) < 4.78 is 0. The number of imidazole rings is 1. The fourth-order valence-corrected chi connectivity index (χ4v) is 2.36. The molecule has 0 unspecified atom stereocenters. The Morgan fingerprint density at radius 2 is 2.10 bits per heavy atom. The highest BCUT2D eigenvalue weighted by atomic mass is 15.1. The van der Waals surface area contributed by atoms with Gasteiger partial charge in [0.1, 0.15) is 11.8 Å². The van der Waals surface area contributed by atoms with Gasteiger partial charge in [-0.05, 0) is 17.0 Å². The maximum atomic E-state index is 6.25. The maximum Gasteiger partial charge on any atom is 0.162 e. The monoisotopic (exact) mass is 282 g/mol. The highest BCUT2D eigenvalue weighted by molar-refractivity contribution is 5.82. The summed E-state index contributed by atoms with van der Waals surface area (Å²) in [5.41, 5.74) is 10.8. The zero-order valence-electron chi connectivity index (χ0n) is 12.1. The minimum Gasteiger partial charge on any atom is -0.398 e. The molecule has 4 N–H and O–H groups in total. The van der Waals surface area contributed by atoms with Crippen molar-refractivity contribution in [1.82, 2.24) is 19.9 Å². The molecule has 0 bridgehead atoms. The van der Waals surface area contributed by atoms with Crippen LogP contribution in [0.2, 0.25) is 0 Å². The van der Waals surface area contributed by atoms with E-state index < -0.39 is 0 Å². The van der Waals surface area contributed by atoms with Crippen LogP contribution in [0.15, 0.2) is 30.9 Å². The Kier molecular flexibility index (Phi) is 3.43. The normalized spacial score (nSPS) is 11.2. The molecule has 0 amide bonds. The maximum absolute atomic E-state index is 6.25. The Hall–Kier alpha value is -2.63. The van der Waals surface area contributed by atoms with Gasteiger partial charge in [-0.1, -0.05) is 32.0 Å². The molecule has 0 saturated carbocycles. The van der Waals surface area contributed by atoms with Gasteiger partial charge in [0.05, 0.1) is 6.33 Å². The molecule has 0 aliphatic heterocycles. The number of nitrogens with one attached hydrogen (secondary N) is 2. The Labute approximate surface area is 122 Å². The molecule has 0 saturated heterocycles. The zero-order valence-corrected chi connectivity index (χ0v) is 12.1. The first-order valence-corrected chi connectivity index (χ1v) is 6.92. The van der Waals surface area contributed by atoms with Crippen molar-refractivity contribution in [3.8, 4) is 0 Å². The van der Waals surface area contributed by atoms with E-state index in [1.54, 1.807) is 6.33 Å². The predicted molar refractivity (Wildman–Crippen MR) is 84.0 cm³/mol. The van der Waals surface area contributed by atoms with Crippen molar-refractivity contribution in [3.05, 3.63) is 42.0 Å². The van der Waals surface area contributed by atoms with Gasteiger partial charge in [-0.25, -0.2) is 15.0 Å². The number of hydrogen-bond acceptors (Lipinski definition) is 5. The number of para-hydroxylation sites is 1. The predicted octanol–water partition coefficient (Wildman–Crippen LogP) is 2.67. The van der Waals surface area contributed by atoms with E-state index in [-0.39, 0.29) is 0 Å². The molecule has 0 atom stereocenters. The van der Waals surface area contributed by atoms with E-state index in [9.17, 15) is 0 Å². The van der Waals surface area contributed by atoms with Crippen LogP contribution in [0, 0.1) is 0 Å². The van der Waals surface area contributed by atoms with Gasteiger partial charge in [-0.3, -0.25) is 0 Å². The largest absolute Gasteiger partial charge is 0.398 e. The lowest BCUT2D eigenvalue weighted by Gasteiger charge is -2.14. The molecular weight excluding hydrogens is 264 g/mol. The number of H-pyrrole nitrogens is 1. The van der Waals surface area contributed by atoms with Gasteiger partial charge in [0.2, 0.25) is 0 Å². The molecule has 2 heterocycles. The fraction of sp³-hybridized carbons (Fsp3) is 0.267. The van der Waals surface area contributed by atoms with E-state index >= 15 is 0 Å². The third kappa shape index (κ3) is 2.52. The van der Waals surface area contributed by atoms with Crippen molar-refractivity contribution in [3.63, 3.8) is 0 Å². The first-order valence-electron chi connectivity index (χ1n) is 6.92. The van der Waals surface area contributed by atoms with E-state index in [0.717, 1.165) is 22.4 Å². The summed E-state index contributed by atoms with van der Waals surface area (Å²) in [5, 5.41) is 3.28. The van der Waals surface area contributed by atoms with Crippen LogP contribution in [0.3, 0.4) is 0 Å². The molecule has 0 aliphatic rings. The van der Waals surface area contributed by atoms with E-state index in [2.05, 4.69) is 45.2 Å². The van der Waals surface area contributed by atoms with Crippen LogP contribution in [0.1, 0.15) is 30.9 Å². The second kappa shape index (κ2) is 5.40. The molecule has 3 aromatic rings. The highest BCUT2D eigenvalue weighted by Gasteiger charge is 2.10. The molecule has 1 aromatic carbocycles. The average molecular weight is 282 g/mol. The van der Waals surface area contributed by atoms with Crippen LogP contribution in [0.25, 0.3) is 11.2 Å². The average Bonchev–Trinajstić information content (AvgIpc) is 2.95. The van der Waals surface area contributed by atoms with Gasteiger partial charge in [0, 0.05) is 12.2 Å². The third-order valence-corrected chi connectivity index (χ3v) is 3.52. The van der Waals surface area contributed by atoms with Crippen LogP contribution < -0.4 is 11.1 Å². The molecule has 6 heteroatoms. The molecule has 2 aromatic heterocycles. The number of rotatable bonds is 4. The van der Waals surface area contributed by atoms with Gasteiger partial charge in [0.15, 0.2) is 11.5 Å². The number of nitrogens with zero attached hydrogens (tertiary/aromatic N) is 3. The zero-order chi connectivity index (χ0) is 14.8. The fourth-order valence-electron chi connectivity index (χ4n) is 2.36. The lowest BCUT2D eigenvalue weighted by molar-refractivity contribution is 0.866. The second-order valence-corrected chi connectivity index (χ2v) is 5.25. The highest BCUT2D eigenvalue weighted by Crippen LogP contribution is 2.25. The van der Waals surface area contributed by atoms with Gasteiger partial charge in [-0.2, -0.15) is 0 Å². The molecular formula is C15H18N6. The van der Waals surface area contributed by atoms with Crippen molar-refractivity contribution in [1.29, 1.82) is 0 Å². The number of hydrogen-bond donors (Lipinski definition) is 3. The minimum absolute atomic E-state index is 0.405. The Morgan fingerprint density at radius 3 is 2.90 bits per heavy atom. The third-order valence-electron chi connectivity index (χ3n) is 3.52. The van der Waals surface area contributed by atoms with Gasteiger partial charge < -0.3 is 16.0 Å². The summed E-state index contributed by atoms with van der Waals surface area (Å²) in [6, 6.07) is 6.13. The van der Waals surface area contributed by atoms with Crippen molar-refractivity contribution in [2.45, 2.75) is 26.3 Å². The van der Waals surface area contributed by atoms with Gasteiger partial charge in [0.25, 0.3) is 0 Å². The van der Waals surface area contributed by atoms with Crippen LogP contribution in [-0.4, -0.2) is 19.9 Å². The first-order chi connectivity index (χ1) is 10.2. The standard InChI is InChI=1S/C15H18N6/c1-9(2)11-5-3-4-10(12(11)16)6-17-14-13-15(19-7-18-13)21-8-20-14/h3-5,7-9H,6,16H2,1-2H3,(H2,17,18,19,20,21). The smallest absolute Gasteiger partial charge is 0.162 e. The van der Waals surface area contributed by atoms with Gasteiger partial charge >= 0.3 is 0 Å². The summed E-state index contributed by atoms with van der Waals surface area (Å²) in [7, 11) is 0. The Bertz CT molecular complexity index is 762. The summed E-state index contributed by atoms with van der Waals surface area (Å²) in [6.45, 7) is 4.88. The molecule has 108 valence electrons. The number of nitrogens with two attached hydrogens (primary N) is 1. The van der Waals surface area contributed by atoms with E-state index in [4.69, 9.17) is 5.73 Å². The lowest BCUT2D eigenvalue weighted by atomic mass is 9.98. The summed E-state index contributed by atoms with van der Waals surface area (Å²) >= 11 is 0. The summed E-state index contributed by atoms with van der Waals surface area (Å²) in [6.07, 6.45) is 3.12. The number of nitrogen functional groups attached to an aromatic ring is 1. The van der Waals surface area contributed by atoms with Crippen molar-refractivity contribution in [2.75, 3.05) is 11.1 Å². The van der Waals surface area contributed by atoms with Crippen LogP contribution in [-0.2, 0) is 6.54 Å². The van der Waals surface area contributed by atoms with E-state index in [0.29, 0.717) is 18.3 Å². The molecule has 3 rings (SSSR count). The number of anilines is 2. The Balaban J connectivity index is 1.85. The lowest BCUT2D eigenvalue weighted by Crippen LogP contribution is -2.07. The quantitative estimate of drug-likeness (QED) is 0.640.